The van der Waals surface area contributed by atoms with Gasteiger partial charge in [-0.2, -0.15) is 0 Å². The fourth-order valence-electron chi connectivity index (χ4n) is 0. The van der Waals surface area contributed by atoms with Crippen molar-refractivity contribution in [1.82, 2.24) is 0 Å². The van der Waals surface area contributed by atoms with E-state index in [1.807, 2.05) is 0 Å². The Kier molecular flexibility index (Phi) is 57.7. The summed E-state index contributed by atoms with van der Waals surface area (Å²) in [5, 5.41) is 0. The molecule has 0 rings (SSSR count). The van der Waals surface area contributed by atoms with E-state index in [2.05, 4.69) is 22.5 Å². The van der Waals surface area contributed by atoms with E-state index in [1.165, 1.54) is 4.99 Å². The Bertz CT molecular complexity index is 15.1. The first-order valence-corrected chi connectivity index (χ1v) is 1.47. The molecule has 0 saturated heterocycles. The van der Waals surface area contributed by atoms with Gasteiger partial charge in [-0.15, -0.1) is 15.9 Å². The van der Waals surface area contributed by atoms with Gasteiger partial charge < -0.3 is 23.6 Å². The summed E-state index contributed by atoms with van der Waals surface area (Å²) >= 11 is 2.80. The molecule has 0 aliphatic heterocycles. The van der Waals surface area contributed by atoms with Crippen LogP contribution in [-0.4, -0.2) is 23.1 Å². The minimum Gasteiger partial charge on any atom is -1.00 e. The molecule has 0 aromatic rings. The standard InChI is InChI=1S/C2H2Br.BrH.Mg/c1-2-3;;/h1-2H;1H;/q-1;;+2/p-1. The van der Waals surface area contributed by atoms with Crippen LogP contribution in [0.5, 0.6) is 0 Å². The molecule has 0 nitrogen and oxygen atoms in total. The van der Waals surface area contributed by atoms with Gasteiger partial charge in [0.1, 0.15) is 0 Å². The Labute approximate surface area is 67.1 Å². The summed E-state index contributed by atoms with van der Waals surface area (Å²) in [6.07, 6.45) is 0. The molecule has 0 amide bonds. The van der Waals surface area contributed by atoms with Crippen molar-refractivity contribution in [2.24, 2.45) is 0 Å². The van der Waals surface area contributed by atoms with Crippen LogP contribution in [0.25, 0.3) is 0 Å². The topological polar surface area (TPSA) is 0 Å². The Morgan fingerprint density at radius 1 is 1.60 bits per heavy atom. The molecule has 0 aromatic carbocycles. The molecular formula is C2H2Br2Mg. The zero-order valence-corrected chi connectivity index (χ0v) is 7.20. The van der Waals surface area contributed by atoms with Crippen LogP contribution in [0, 0.1) is 6.58 Å². The van der Waals surface area contributed by atoms with E-state index >= 15 is 0 Å². The fraction of sp³-hybridized carbons (Fsp3) is 0. The third-order valence-corrected chi connectivity index (χ3v) is 0. The largest absolute Gasteiger partial charge is 2.00 e. The van der Waals surface area contributed by atoms with Crippen LogP contribution in [0.2, 0.25) is 0 Å². The van der Waals surface area contributed by atoms with Crippen LogP contribution in [0.3, 0.4) is 0 Å². The van der Waals surface area contributed by atoms with E-state index in [0.717, 1.165) is 0 Å². The Hall–Kier alpha value is 1.47. The predicted octanol–water partition coefficient (Wildman–Crippen LogP) is -2.05. The smallest absolute Gasteiger partial charge is 1.00 e. The number of halogens is 2. The summed E-state index contributed by atoms with van der Waals surface area (Å²) in [6, 6.07) is 0. The van der Waals surface area contributed by atoms with Gasteiger partial charge in [-0.3, -0.25) is 0 Å². The zero-order chi connectivity index (χ0) is 2.71. The average Bonchev–Trinajstić information content (AvgIpc) is 0.918. The van der Waals surface area contributed by atoms with Crippen molar-refractivity contribution in [3.05, 3.63) is 11.6 Å². The second-order valence-corrected chi connectivity index (χ2v) is 0.655. The quantitative estimate of drug-likeness (QED) is 0.319. The summed E-state index contributed by atoms with van der Waals surface area (Å²) in [5.74, 6) is 0. The molecule has 0 fully saturated rings. The Morgan fingerprint density at radius 3 is 1.60 bits per heavy atom. The van der Waals surface area contributed by atoms with Gasteiger partial charge in [0.2, 0.25) is 0 Å². The first kappa shape index (κ1) is 16.1. The van der Waals surface area contributed by atoms with E-state index in [-0.39, 0.29) is 40.0 Å². The predicted molar refractivity (Wildman–Crippen MR) is 23.6 cm³/mol. The van der Waals surface area contributed by atoms with Crippen molar-refractivity contribution in [1.29, 1.82) is 0 Å². The third kappa shape index (κ3) is 30.5. The van der Waals surface area contributed by atoms with Crippen molar-refractivity contribution in [3.8, 4) is 0 Å². The van der Waals surface area contributed by atoms with E-state index in [0.29, 0.717) is 0 Å². The summed E-state index contributed by atoms with van der Waals surface area (Å²) in [4.78, 5) is 1.31. The molecule has 3 heteroatoms. The van der Waals surface area contributed by atoms with E-state index in [9.17, 15) is 0 Å². The molecule has 0 unspecified atom stereocenters. The second-order valence-electron chi connectivity index (χ2n) is 0.126. The first-order chi connectivity index (χ1) is 1.41. The van der Waals surface area contributed by atoms with Crippen LogP contribution >= 0.6 is 15.9 Å². The van der Waals surface area contributed by atoms with E-state index < -0.39 is 0 Å². The average molecular weight is 210 g/mol. The Morgan fingerprint density at radius 2 is 1.60 bits per heavy atom. The molecule has 0 saturated carbocycles. The normalized spacial score (nSPS) is 2.60. The first-order valence-electron chi connectivity index (χ1n) is 0.552. The number of hydrogen-bond acceptors (Lipinski definition) is 0. The maximum Gasteiger partial charge on any atom is 2.00 e. The van der Waals surface area contributed by atoms with Gasteiger partial charge in [0.15, 0.2) is 0 Å². The van der Waals surface area contributed by atoms with Gasteiger partial charge in [-0.1, -0.05) is 0 Å². The van der Waals surface area contributed by atoms with Crippen LogP contribution in [0.1, 0.15) is 0 Å². The second kappa shape index (κ2) is 17.9. The fourth-order valence-corrected chi connectivity index (χ4v) is 0. The number of hydrogen-bond donors (Lipinski definition) is 0. The zero-order valence-electron chi connectivity index (χ0n) is 2.62. The van der Waals surface area contributed by atoms with Crippen molar-refractivity contribution in [2.75, 3.05) is 0 Å². The van der Waals surface area contributed by atoms with E-state index in [4.69, 9.17) is 0 Å². The molecule has 5 heavy (non-hydrogen) atoms. The SMILES string of the molecule is [Br-].[CH-]=CBr.[Mg+2]. The molecule has 0 radical (unpaired) electrons. The summed E-state index contributed by atoms with van der Waals surface area (Å²) in [5.41, 5.74) is 0. The molecule has 26 valence electrons. The molecule has 0 N–H and O–H groups in total. The van der Waals surface area contributed by atoms with Crippen LogP contribution in [0.4, 0.5) is 0 Å². The van der Waals surface area contributed by atoms with Crippen LogP contribution < -0.4 is 17.0 Å². The molecule has 0 bridgehead atoms. The minimum atomic E-state index is 0. The summed E-state index contributed by atoms with van der Waals surface area (Å²) in [7, 11) is 0. The maximum atomic E-state index is 4.64. The van der Waals surface area contributed by atoms with Gasteiger partial charge in [-0.25, -0.2) is 4.99 Å². The summed E-state index contributed by atoms with van der Waals surface area (Å²) in [6.45, 7) is 4.64. The minimum absolute atomic E-state index is 0. The van der Waals surface area contributed by atoms with Crippen LogP contribution in [-0.2, 0) is 0 Å². The number of rotatable bonds is 0. The van der Waals surface area contributed by atoms with Gasteiger partial charge >= 0.3 is 23.1 Å². The van der Waals surface area contributed by atoms with Crippen molar-refractivity contribution >= 4 is 39.0 Å². The molecule has 0 heterocycles. The van der Waals surface area contributed by atoms with Crippen LogP contribution in [0.15, 0.2) is 4.99 Å². The van der Waals surface area contributed by atoms with Crippen molar-refractivity contribution in [3.63, 3.8) is 0 Å². The molecule has 0 spiro atoms. The molecular weight excluding hydrogens is 208 g/mol. The maximum absolute atomic E-state index is 4.64. The Balaban J connectivity index is -0.0000000200. The van der Waals surface area contributed by atoms with Gasteiger partial charge in [0, 0.05) is 0 Å². The third-order valence-electron chi connectivity index (χ3n) is 0. The molecule has 0 atom stereocenters. The molecule has 0 aliphatic rings. The van der Waals surface area contributed by atoms with E-state index in [1.54, 1.807) is 0 Å². The van der Waals surface area contributed by atoms with Gasteiger partial charge in [0.05, 0.1) is 0 Å². The van der Waals surface area contributed by atoms with Gasteiger partial charge in [-0.05, 0) is 0 Å². The molecule has 0 aromatic heterocycles. The molecule has 0 aliphatic carbocycles. The van der Waals surface area contributed by atoms with Gasteiger partial charge in [0.25, 0.3) is 0 Å². The monoisotopic (exact) mass is 208 g/mol. The van der Waals surface area contributed by atoms with Crippen molar-refractivity contribution in [2.45, 2.75) is 0 Å². The van der Waals surface area contributed by atoms with Crippen molar-refractivity contribution < 1.29 is 17.0 Å². The summed E-state index contributed by atoms with van der Waals surface area (Å²) < 4.78 is 0.